The van der Waals surface area contributed by atoms with Crippen molar-refractivity contribution in [3.8, 4) is 0 Å². The summed E-state index contributed by atoms with van der Waals surface area (Å²) in [5.41, 5.74) is 0. The van der Waals surface area contributed by atoms with Crippen molar-refractivity contribution in [1.82, 2.24) is 9.21 Å². The normalized spacial score (nSPS) is 26.8. The van der Waals surface area contributed by atoms with Crippen molar-refractivity contribution in [3.05, 3.63) is 17.5 Å². The van der Waals surface area contributed by atoms with Gasteiger partial charge in [0.1, 0.15) is 4.21 Å². The van der Waals surface area contributed by atoms with E-state index in [4.69, 9.17) is 0 Å². The van der Waals surface area contributed by atoms with Crippen LogP contribution in [0.3, 0.4) is 0 Å². The molecule has 0 aromatic carbocycles. The van der Waals surface area contributed by atoms with Crippen LogP contribution in [0.15, 0.2) is 21.7 Å². The first-order valence-corrected chi connectivity index (χ1v) is 9.54. The SMILES string of the molecule is CC(C)CN1C[C@@H]2CN(S(=O)(=O)c3cccs3)C[C@@H]2C1=O. The minimum Gasteiger partial charge on any atom is -0.342 e. The van der Waals surface area contributed by atoms with Crippen molar-refractivity contribution >= 4 is 27.3 Å². The van der Waals surface area contributed by atoms with Crippen molar-refractivity contribution in [2.24, 2.45) is 17.8 Å². The van der Waals surface area contributed by atoms with Crippen LogP contribution in [-0.4, -0.2) is 49.7 Å². The second-order valence-corrected chi connectivity index (χ2v) is 9.37. The summed E-state index contributed by atoms with van der Waals surface area (Å²) in [6.45, 7) is 6.44. The fraction of sp³-hybridized carbons (Fsp3) is 0.643. The van der Waals surface area contributed by atoms with Crippen LogP contribution in [0.1, 0.15) is 13.8 Å². The van der Waals surface area contributed by atoms with Crippen LogP contribution in [0.4, 0.5) is 0 Å². The van der Waals surface area contributed by atoms with Gasteiger partial charge in [0.2, 0.25) is 5.91 Å². The molecule has 1 amide bonds. The van der Waals surface area contributed by atoms with Gasteiger partial charge in [-0.25, -0.2) is 8.42 Å². The summed E-state index contributed by atoms with van der Waals surface area (Å²) in [5, 5.41) is 1.76. The van der Waals surface area contributed by atoms with E-state index in [2.05, 4.69) is 13.8 Å². The Balaban J connectivity index is 1.73. The number of sulfonamides is 1. The summed E-state index contributed by atoms with van der Waals surface area (Å²) >= 11 is 1.23. The van der Waals surface area contributed by atoms with Gasteiger partial charge >= 0.3 is 0 Å². The summed E-state index contributed by atoms with van der Waals surface area (Å²) in [6, 6.07) is 3.37. The van der Waals surface area contributed by atoms with Gasteiger partial charge in [-0.1, -0.05) is 19.9 Å². The van der Waals surface area contributed by atoms with Crippen molar-refractivity contribution in [1.29, 1.82) is 0 Å². The summed E-state index contributed by atoms with van der Waals surface area (Å²) in [5.74, 6) is 0.556. The maximum atomic E-state index is 12.5. The summed E-state index contributed by atoms with van der Waals surface area (Å²) < 4.78 is 26.9. The lowest BCUT2D eigenvalue weighted by atomic mass is 10.0. The average molecular weight is 328 g/mol. The Hall–Kier alpha value is -0.920. The Morgan fingerprint density at radius 1 is 1.33 bits per heavy atom. The molecular weight excluding hydrogens is 308 g/mol. The average Bonchev–Trinajstić information content (AvgIpc) is 3.09. The van der Waals surface area contributed by atoms with Crippen LogP contribution in [0.2, 0.25) is 0 Å². The molecule has 116 valence electrons. The van der Waals surface area contributed by atoms with Crippen LogP contribution >= 0.6 is 11.3 Å². The molecule has 2 aliphatic rings. The molecular formula is C14H20N2O3S2. The molecule has 1 aromatic heterocycles. The van der Waals surface area contributed by atoms with Gasteiger partial charge in [0.25, 0.3) is 10.0 Å². The van der Waals surface area contributed by atoms with Crippen LogP contribution in [-0.2, 0) is 14.8 Å². The standard InChI is InChI=1S/C14H20N2O3S2/c1-10(2)6-15-7-11-8-16(9-12(11)14(15)17)21(18,19)13-4-3-5-20-13/h3-5,10-12H,6-9H2,1-2H3/t11-,12+/m1/s1. The topological polar surface area (TPSA) is 57.7 Å². The predicted octanol–water partition coefficient (Wildman–Crippen LogP) is 1.48. The van der Waals surface area contributed by atoms with Gasteiger partial charge in [-0.3, -0.25) is 4.79 Å². The molecule has 1 aromatic rings. The lowest BCUT2D eigenvalue weighted by Gasteiger charge is -2.22. The third kappa shape index (κ3) is 2.62. The van der Waals surface area contributed by atoms with Crippen molar-refractivity contribution in [3.63, 3.8) is 0 Å². The van der Waals surface area contributed by atoms with Gasteiger partial charge in [-0.05, 0) is 17.4 Å². The smallest absolute Gasteiger partial charge is 0.252 e. The van der Waals surface area contributed by atoms with E-state index < -0.39 is 10.0 Å². The quantitative estimate of drug-likeness (QED) is 0.841. The fourth-order valence-electron chi connectivity index (χ4n) is 3.24. The molecule has 7 heteroatoms. The highest BCUT2D eigenvalue weighted by molar-refractivity contribution is 7.91. The number of carbonyl (C=O) groups is 1. The third-order valence-corrected chi connectivity index (χ3v) is 7.37. The molecule has 3 heterocycles. The summed E-state index contributed by atoms with van der Waals surface area (Å²) in [6.07, 6.45) is 0. The minimum absolute atomic E-state index is 0.123. The molecule has 0 saturated carbocycles. The van der Waals surface area contributed by atoms with Crippen molar-refractivity contribution < 1.29 is 13.2 Å². The monoisotopic (exact) mass is 328 g/mol. The Morgan fingerprint density at radius 2 is 2.10 bits per heavy atom. The summed E-state index contributed by atoms with van der Waals surface area (Å²) in [7, 11) is -3.42. The summed E-state index contributed by atoms with van der Waals surface area (Å²) in [4.78, 5) is 14.3. The number of likely N-dealkylation sites (tertiary alicyclic amines) is 1. The zero-order valence-electron chi connectivity index (χ0n) is 12.2. The number of hydrogen-bond acceptors (Lipinski definition) is 4. The highest BCUT2D eigenvalue weighted by Crippen LogP contribution is 2.36. The molecule has 5 nitrogen and oxygen atoms in total. The Bertz CT molecular complexity index is 625. The van der Waals surface area contributed by atoms with Crippen molar-refractivity contribution in [2.45, 2.75) is 18.1 Å². The third-order valence-electron chi connectivity index (χ3n) is 4.17. The molecule has 2 aliphatic heterocycles. The first-order chi connectivity index (χ1) is 9.89. The second-order valence-electron chi connectivity index (χ2n) is 6.26. The van der Waals surface area contributed by atoms with E-state index in [1.807, 2.05) is 4.90 Å². The van der Waals surface area contributed by atoms with Gasteiger partial charge in [0.05, 0.1) is 5.92 Å². The van der Waals surface area contributed by atoms with E-state index in [0.717, 1.165) is 6.54 Å². The number of nitrogens with zero attached hydrogens (tertiary/aromatic N) is 2. The van der Waals surface area contributed by atoms with E-state index in [9.17, 15) is 13.2 Å². The molecule has 3 rings (SSSR count). The minimum atomic E-state index is -3.42. The molecule has 2 fully saturated rings. The predicted molar refractivity (Wildman–Crippen MR) is 81.5 cm³/mol. The lowest BCUT2D eigenvalue weighted by molar-refractivity contribution is -0.131. The number of fused-ring (bicyclic) bond motifs is 1. The first kappa shape index (κ1) is 15.0. The van der Waals surface area contributed by atoms with Crippen LogP contribution in [0.25, 0.3) is 0 Å². The molecule has 2 saturated heterocycles. The molecule has 2 atom stereocenters. The maximum Gasteiger partial charge on any atom is 0.252 e. The zero-order valence-corrected chi connectivity index (χ0v) is 13.9. The molecule has 0 bridgehead atoms. The van der Waals surface area contributed by atoms with E-state index in [0.29, 0.717) is 29.8 Å². The number of rotatable bonds is 4. The molecule has 21 heavy (non-hydrogen) atoms. The van der Waals surface area contributed by atoms with Crippen LogP contribution in [0.5, 0.6) is 0 Å². The fourth-order valence-corrected chi connectivity index (χ4v) is 5.91. The second kappa shape index (κ2) is 5.37. The van der Waals surface area contributed by atoms with E-state index >= 15 is 0 Å². The van der Waals surface area contributed by atoms with Crippen molar-refractivity contribution in [2.75, 3.05) is 26.2 Å². The van der Waals surface area contributed by atoms with Gasteiger partial charge < -0.3 is 4.90 Å². The lowest BCUT2D eigenvalue weighted by Crippen LogP contribution is -2.36. The van der Waals surface area contributed by atoms with Gasteiger partial charge in [0.15, 0.2) is 0 Å². The number of hydrogen-bond donors (Lipinski definition) is 0. The van der Waals surface area contributed by atoms with Gasteiger partial charge in [-0.15, -0.1) is 11.3 Å². The molecule has 0 unspecified atom stereocenters. The first-order valence-electron chi connectivity index (χ1n) is 7.22. The van der Waals surface area contributed by atoms with Crippen LogP contribution in [0, 0.1) is 17.8 Å². The molecule has 0 N–H and O–H groups in total. The Kier molecular flexibility index (Phi) is 3.83. The highest BCUT2D eigenvalue weighted by atomic mass is 32.2. The van der Waals surface area contributed by atoms with E-state index in [-0.39, 0.29) is 17.7 Å². The number of thiophene rings is 1. The Labute approximate surface area is 129 Å². The molecule has 0 aliphatic carbocycles. The highest BCUT2D eigenvalue weighted by Gasteiger charge is 2.49. The number of carbonyl (C=O) groups excluding carboxylic acids is 1. The zero-order chi connectivity index (χ0) is 15.2. The van der Waals surface area contributed by atoms with Gasteiger partial charge in [-0.2, -0.15) is 4.31 Å². The molecule has 0 spiro atoms. The van der Waals surface area contributed by atoms with E-state index in [1.165, 1.54) is 15.6 Å². The molecule has 0 radical (unpaired) electrons. The maximum absolute atomic E-state index is 12.5. The van der Waals surface area contributed by atoms with Gasteiger partial charge in [0, 0.05) is 32.1 Å². The number of amides is 1. The van der Waals surface area contributed by atoms with E-state index in [1.54, 1.807) is 17.5 Å². The Morgan fingerprint density at radius 3 is 2.67 bits per heavy atom. The van der Waals surface area contributed by atoms with Crippen LogP contribution < -0.4 is 0 Å². The largest absolute Gasteiger partial charge is 0.342 e.